The van der Waals surface area contributed by atoms with E-state index in [1.54, 1.807) is 6.07 Å². The van der Waals surface area contributed by atoms with E-state index in [0.717, 1.165) is 0 Å². The Kier molecular flexibility index (Phi) is 3.11. The topological polar surface area (TPSA) is 46.5 Å². The van der Waals surface area contributed by atoms with Crippen LogP contribution in [-0.4, -0.2) is 24.3 Å². The molecule has 98 valence electrons. The summed E-state index contributed by atoms with van der Waals surface area (Å²) in [7, 11) is 0. The molecular weight excluding hydrogens is 242 g/mol. The highest BCUT2D eigenvalue weighted by atomic mass is 19.3. The average molecular weight is 256 g/mol. The van der Waals surface area contributed by atoms with Crippen LogP contribution >= 0.6 is 0 Å². The van der Waals surface area contributed by atoms with Gasteiger partial charge in [0.2, 0.25) is 0 Å². The maximum atomic E-state index is 13.6. The van der Waals surface area contributed by atoms with E-state index in [2.05, 4.69) is 0 Å². The molecule has 3 nitrogen and oxygen atoms in total. The molecule has 1 aromatic carbocycles. The van der Waals surface area contributed by atoms with Gasteiger partial charge >= 0.3 is 5.97 Å². The van der Waals surface area contributed by atoms with Crippen LogP contribution in [0.25, 0.3) is 0 Å². The number of hydrogen-bond donors (Lipinski definition) is 1. The maximum absolute atomic E-state index is 13.6. The van der Waals surface area contributed by atoms with Gasteiger partial charge in [0.25, 0.3) is 5.92 Å². The van der Waals surface area contributed by atoms with Crippen LogP contribution in [0.5, 0.6) is 0 Å². The molecule has 0 spiro atoms. The average Bonchev–Trinajstić information content (AvgIpc) is 2.27. The highest BCUT2D eigenvalue weighted by molar-refractivity contribution is 5.83. The SMILES string of the molecule is CCC(F)(F)c1cccc(C2(C(=O)O)COC2)c1. The maximum Gasteiger partial charge on any atom is 0.318 e. The summed E-state index contributed by atoms with van der Waals surface area (Å²) in [5.41, 5.74) is -0.929. The van der Waals surface area contributed by atoms with Crippen LogP contribution in [-0.2, 0) is 20.9 Å². The Bertz CT molecular complexity index is 467. The largest absolute Gasteiger partial charge is 0.480 e. The zero-order chi connectivity index (χ0) is 13.4. The first-order valence-corrected chi connectivity index (χ1v) is 5.72. The van der Waals surface area contributed by atoms with Crippen LogP contribution in [0.2, 0.25) is 0 Å². The van der Waals surface area contributed by atoms with Crippen molar-refractivity contribution in [2.24, 2.45) is 0 Å². The molecule has 1 heterocycles. The van der Waals surface area contributed by atoms with Crippen molar-refractivity contribution in [2.45, 2.75) is 24.7 Å². The predicted molar refractivity (Wildman–Crippen MR) is 60.8 cm³/mol. The van der Waals surface area contributed by atoms with Gasteiger partial charge in [-0.15, -0.1) is 0 Å². The molecule has 0 unspecified atom stereocenters. The third-order valence-electron chi connectivity index (χ3n) is 3.39. The number of carbonyl (C=O) groups is 1. The van der Waals surface area contributed by atoms with Crippen molar-refractivity contribution >= 4 is 5.97 Å². The zero-order valence-electron chi connectivity index (χ0n) is 9.95. The minimum Gasteiger partial charge on any atom is -0.480 e. The van der Waals surface area contributed by atoms with Crippen molar-refractivity contribution in [3.63, 3.8) is 0 Å². The van der Waals surface area contributed by atoms with Gasteiger partial charge in [-0.1, -0.05) is 25.1 Å². The molecule has 1 aliphatic rings. The van der Waals surface area contributed by atoms with E-state index in [9.17, 15) is 18.7 Å². The van der Waals surface area contributed by atoms with E-state index in [-0.39, 0.29) is 25.2 Å². The van der Waals surface area contributed by atoms with Gasteiger partial charge in [0.15, 0.2) is 0 Å². The van der Waals surface area contributed by atoms with Gasteiger partial charge in [-0.3, -0.25) is 4.79 Å². The predicted octanol–water partition coefficient (Wildman–Crippen LogP) is 2.54. The van der Waals surface area contributed by atoms with E-state index in [4.69, 9.17) is 4.74 Å². The van der Waals surface area contributed by atoms with Gasteiger partial charge in [-0.05, 0) is 11.6 Å². The van der Waals surface area contributed by atoms with Crippen LogP contribution in [0.1, 0.15) is 24.5 Å². The first-order valence-electron chi connectivity index (χ1n) is 5.72. The molecule has 1 fully saturated rings. The molecule has 0 atom stereocenters. The van der Waals surface area contributed by atoms with Crippen molar-refractivity contribution in [2.75, 3.05) is 13.2 Å². The first-order chi connectivity index (χ1) is 8.42. The molecule has 5 heteroatoms. The van der Waals surface area contributed by atoms with E-state index in [1.807, 2.05) is 0 Å². The molecule has 0 bridgehead atoms. The second kappa shape index (κ2) is 4.31. The Hall–Kier alpha value is -1.49. The monoisotopic (exact) mass is 256 g/mol. The van der Waals surface area contributed by atoms with Crippen molar-refractivity contribution in [1.82, 2.24) is 0 Å². The van der Waals surface area contributed by atoms with E-state index in [0.29, 0.717) is 5.56 Å². The molecule has 1 aliphatic heterocycles. The Morgan fingerprint density at radius 1 is 1.50 bits per heavy atom. The number of carboxylic acid groups (broad SMARTS) is 1. The molecule has 0 aromatic heterocycles. The lowest BCUT2D eigenvalue weighted by Gasteiger charge is -2.38. The van der Waals surface area contributed by atoms with E-state index < -0.39 is 17.3 Å². The number of alkyl halides is 2. The third kappa shape index (κ3) is 1.88. The van der Waals surface area contributed by atoms with E-state index in [1.165, 1.54) is 25.1 Å². The summed E-state index contributed by atoms with van der Waals surface area (Å²) in [6.45, 7) is 1.46. The molecule has 0 aliphatic carbocycles. The first kappa shape index (κ1) is 13.0. The number of rotatable bonds is 4. The summed E-state index contributed by atoms with van der Waals surface area (Å²) in [5, 5.41) is 9.22. The molecule has 0 radical (unpaired) electrons. The zero-order valence-corrected chi connectivity index (χ0v) is 9.95. The van der Waals surface area contributed by atoms with Crippen LogP contribution in [0, 0.1) is 0 Å². The van der Waals surface area contributed by atoms with Crippen LogP contribution in [0.4, 0.5) is 8.78 Å². The molecule has 2 rings (SSSR count). The lowest BCUT2D eigenvalue weighted by atomic mass is 9.78. The van der Waals surface area contributed by atoms with Crippen molar-refractivity contribution < 1.29 is 23.4 Å². The summed E-state index contributed by atoms with van der Waals surface area (Å²) in [4.78, 5) is 11.3. The summed E-state index contributed by atoms with van der Waals surface area (Å²) in [5.74, 6) is -3.97. The van der Waals surface area contributed by atoms with Crippen molar-refractivity contribution in [3.8, 4) is 0 Å². The fourth-order valence-corrected chi connectivity index (χ4v) is 1.97. The van der Waals surface area contributed by atoms with Gasteiger partial charge in [-0.2, -0.15) is 0 Å². The third-order valence-corrected chi connectivity index (χ3v) is 3.39. The molecule has 18 heavy (non-hydrogen) atoms. The van der Waals surface area contributed by atoms with Gasteiger partial charge in [0, 0.05) is 12.0 Å². The Balaban J connectivity index is 2.42. The molecule has 0 amide bonds. The minimum absolute atomic E-state index is 0.0312. The number of ether oxygens (including phenoxy) is 1. The standard InChI is InChI=1S/C13H14F2O3/c1-2-13(14,15)10-5-3-4-9(6-10)12(11(16)17)7-18-8-12/h3-6H,2,7-8H2,1H3,(H,16,17). The quantitative estimate of drug-likeness (QED) is 0.900. The molecule has 0 saturated carbocycles. The fourth-order valence-electron chi connectivity index (χ4n) is 1.97. The summed E-state index contributed by atoms with van der Waals surface area (Å²) in [6.07, 6.45) is -0.312. The Morgan fingerprint density at radius 2 is 2.17 bits per heavy atom. The highest BCUT2D eigenvalue weighted by Gasteiger charge is 2.48. The summed E-state index contributed by atoms with van der Waals surface area (Å²) in [6, 6.07) is 5.63. The second-order valence-corrected chi connectivity index (χ2v) is 4.52. The summed E-state index contributed by atoms with van der Waals surface area (Å²) >= 11 is 0. The lowest BCUT2D eigenvalue weighted by Crippen LogP contribution is -2.53. The Morgan fingerprint density at radius 3 is 2.61 bits per heavy atom. The van der Waals surface area contributed by atoms with Crippen LogP contribution in [0.15, 0.2) is 24.3 Å². The Labute approximate surface area is 103 Å². The van der Waals surface area contributed by atoms with Crippen molar-refractivity contribution in [3.05, 3.63) is 35.4 Å². The number of aliphatic carboxylic acids is 1. The van der Waals surface area contributed by atoms with Crippen LogP contribution in [0.3, 0.4) is 0 Å². The number of benzene rings is 1. The van der Waals surface area contributed by atoms with Crippen molar-refractivity contribution in [1.29, 1.82) is 0 Å². The lowest BCUT2D eigenvalue weighted by molar-refractivity contribution is -0.163. The van der Waals surface area contributed by atoms with Gasteiger partial charge < -0.3 is 9.84 Å². The minimum atomic E-state index is -2.93. The van der Waals surface area contributed by atoms with Gasteiger partial charge in [0.05, 0.1) is 13.2 Å². The highest BCUT2D eigenvalue weighted by Crippen LogP contribution is 2.37. The van der Waals surface area contributed by atoms with E-state index >= 15 is 0 Å². The second-order valence-electron chi connectivity index (χ2n) is 4.52. The molecule has 1 aromatic rings. The smallest absolute Gasteiger partial charge is 0.318 e. The van der Waals surface area contributed by atoms with Gasteiger partial charge in [0.1, 0.15) is 5.41 Å². The summed E-state index contributed by atoms with van der Waals surface area (Å²) < 4.78 is 32.1. The van der Waals surface area contributed by atoms with Crippen LogP contribution < -0.4 is 0 Å². The number of hydrogen-bond acceptors (Lipinski definition) is 2. The molecule has 1 saturated heterocycles. The van der Waals surface area contributed by atoms with Gasteiger partial charge in [-0.25, -0.2) is 8.78 Å². The normalized spacial score (nSPS) is 18.2. The number of carboxylic acids is 1. The molecule has 1 N–H and O–H groups in total. The molecular formula is C13H14F2O3. The number of halogens is 2. The fraction of sp³-hybridized carbons (Fsp3) is 0.462.